The lowest BCUT2D eigenvalue weighted by Crippen LogP contribution is -2.23. The Kier molecular flexibility index (Phi) is 10.9. The minimum atomic E-state index is -1.03. The van der Waals surface area contributed by atoms with Gasteiger partial charge in [0.05, 0.1) is 25.4 Å². The summed E-state index contributed by atoms with van der Waals surface area (Å²) in [5.74, 6) is -0.326. The Bertz CT molecular complexity index is 555. The number of carbonyl (C=O) groups excluding carboxylic acids is 1. The van der Waals surface area contributed by atoms with E-state index in [1.807, 2.05) is 24.3 Å². The lowest BCUT2D eigenvalue weighted by atomic mass is 9.97. The van der Waals surface area contributed by atoms with E-state index < -0.39 is 18.3 Å². The Morgan fingerprint density at radius 2 is 1.85 bits per heavy atom. The molecule has 0 unspecified atom stereocenters. The second kappa shape index (κ2) is 12.6. The molecule has 0 amide bonds. The van der Waals surface area contributed by atoms with Gasteiger partial charge in [0.25, 0.3) is 0 Å². The third kappa shape index (κ3) is 8.13. The van der Waals surface area contributed by atoms with Gasteiger partial charge in [0, 0.05) is 6.42 Å². The van der Waals surface area contributed by atoms with Gasteiger partial charge >= 0.3 is 5.97 Å². The molecule has 0 bridgehead atoms. The molecule has 3 atom stereocenters. The molecular weight excluding hydrogens is 332 g/mol. The number of hydrogen-bond acceptors (Lipinski definition) is 5. The molecular formula is C21H32O5. The van der Waals surface area contributed by atoms with E-state index in [1.54, 1.807) is 6.08 Å². The van der Waals surface area contributed by atoms with Gasteiger partial charge in [-0.15, -0.1) is 0 Å². The SMILES string of the molecule is CCCCC[C@H](O)c1ccccc1/C=C/[C@@H](O)[C@@H](O)CCCC(=O)OC. The predicted molar refractivity (Wildman–Crippen MR) is 102 cm³/mol. The second-order valence-electron chi connectivity index (χ2n) is 6.53. The largest absolute Gasteiger partial charge is 0.469 e. The van der Waals surface area contributed by atoms with E-state index in [2.05, 4.69) is 11.7 Å². The minimum Gasteiger partial charge on any atom is -0.469 e. The third-order valence-corrected chi connectivity index (χ3v) is 4.41. The summed E-state index contributed by atoms with van der Waals surface area (Å²) in [7, 11) is 1.32. The van der Waals surface area contributed by atoms with Crippen molar-refractivity contribution in [3.63, 3.8) is 0 Å². The van der Waals surface area contributed by atoms with Gasteiger partial charge in [-0.3, -0.25) is 4.79 Å². The highest BCUT2D eigenvalue weighted by Gasteiger charge is 2.15. The Labute approximate surface area is 156 Å². The second-order valence-corrected chi connectivity index (χ2v) is 6.53. The zero-order chi connectivity index (χ0) is 19.4. The maximum absolute atomic E-state index is 11.1. The molecule has 26 heavy (non-hydrogen) atoms. The number of unbranched alkanes of at least 4 members (excludes halogenated alkanes) is 2. The van der Waals surface area contributed by atoms with E-state index in [0.29, 0.717) is 19.3 Å². The van der Waals surface area contributed by atoms with Crippen LogP contribution in [0.15, 0.2) is 30.3 Å². The van der Waals surface area contributed by atoms with Crippen LogP contribution in [0.4, 0.5) is 0 Å². The number of ether oxygens (including phenoxy) is 1. The molecule has 5 heteroatoms. The maximum Gasteiger partial charge on any atom is 0.305 e. The van der Waals surface area contributed by atoms with Gasteiger partial charge in [0.15, 0.2) is 0 Å². The molecule has 3 N–H and O–H groups in total. The van der Waals surface area contributed by atoms with Crippen LogP contribution >= 0.6 is 0 Å². The van der Waals surface area contributed by atoms with Crippen molar-refractivity contribution in [2.45, 2.75) is 70.2 Å². The van der Waals surface area contributed by atoms with E-state index in [1.165, 1.54) is 13.2 Å². The summed E-state index contributed by atoms with van der Waals surface area (Å²) in [5.41, 5.74) is 1.66. The zero-order valence-electron chi connectivity index (χ0n) is 15.8. The molecule has 0 aliphatic heterocycles. The first-order chi connectivity index (χ1) is 12.5. The molecule has 1 rings (SSSR count). The molecule has 0 aliphatic rings. The first-order valence-electron chi connectivity index (χ1n) is 9.37. The Morgan fingerprint density at radius 1 is 1.12 bits per heavy atom. The Hall–Kier alpha value is -1.69. The van der Waals surface area contributed by atoms with E-state index >= 15 is 0 Å². The maximum atomic E-state index is 11.1. The average Bonchev–Trinajstić information content (AvgIpc) is 2.66. The first kappa shape index (κ1) is 22.4. The zero-order valence-corrected chi connectivity index (χ0v) is 15.8. The molecule has 5 nitrogen and oxygen atoms in total. The van der Waals surface area contributed by atoms with Crippen LogP contribution in [-0.4, -0.2) is 40.6 Å². The normalized spacial score (nSPS) is 15.0. The summed E-state index contributed by atoms with van der Waals surface area (Å²) in [5, 5.41) is 30.5. The van der Waals surface area contributed by atoms with Crippen LogP contribution in [0.3, 0.4) is 0 Å². The molecule has 1 aromatic rings. The van der Waals surface area contributed by atoms with Crippen LogP contribution in [0, 0.1) is 0 Å². The molecule has 0 saturated carbocycles. The van der Waals surface area contributed by atoms with Crippen molar-refractivity contribution in [3.8, 4) is 0 Å². The molecule has 0 radical (unpaired) electrons. The average molecular weight is 364 g/mol. The number of carbonyl (C=O) groups is 1. The topological polar surface area (TPSA) is 87.0 Å². The summed E-state index contributed by atoms with van der Waals surface area (Å²) < 4.78 is 4.55. The number of esters is 1. The summed E-state index contributed by atoms with van der Waals surface area (Å²) in [6.07, 6.45) is 5.59. The third-order valence-electron chi connectivity index (χ3n) is 4.41. The highest BCUT2D eigenvalue weighted by atomic mass is 16.5. The molecule has 0 heterocycles. The van der Waals surface area contributed by atoms with E-state index in [-0.39, 0.29) is 12.4 Å². The van der Waals surface area contributed by atoms with Crippen molar-refractivity contribution in [2.75, 3.05) is 7.11 Å². The number of rotatable bonds is 12. The van der Waals surface area contributed by atoms with Crippen molar-refractivity contribution in [1.82, 2.24) is 0 Å². The number of aliphatic hydroxyl groups is 3. The molecule has 146 valence electrons. The summed E-state index contributed by atoms with van der Waals surface area (Å²) in [6.45, 7) is 2.13. The van der Waals surface area contributed by atoms with Crippen molar-refractivity contribution < 1.29 is 24.9 Å². The number of methoxy groups -OCH3 is 1. The van der Waals surface area contributed by atoms with Gasteiger partial charge in [-0.05, 0) is 30.4 Å². The van der Waals surface area contributed by atoms with Crippen LogP contribution in [0.1, 0.15) is 69.1 Å². The Morgan fingerprint density at radius 3 is 2.54 bits per heavy atom. The van der Waals surface area contributed by atoms with Crippen LogP contribution in [0.2, 0.25) is 0 Å². The van der Waals surface area contributed by atoms with E-state index in [0.717, 1.165) is 30.4 Å². The van der Waals surface area contributed by atoms with Crippen molar-refractivity contribution in [3.05, 3.63) is 41.5 Å². The lowest BCUT2D eigenvalue weighted by molar-refractivity contribution is -0.140. The van der Waals surface area contributed by atoms with Gasteiger partial charge in [-0.25, -0.2) is 0 Å². The van der Waals surface area contributed by atoms with Crippen molar-refractivity contribution in [1.29, 1.82) is 0 Å². The van der Waals surface area contributed by atoms with E-state index in [9.17, 15) is 20.1 Å². The smallest absolute Gasteiger partial charge is 0.305 e. The van der Waals surface area contributed by atoms with Gasteiger partial charge in [0.2, 0.25) is 0 Å². The number of benzene rings is 1. The molecule has 0 aromatic heterocycles. The summed E-state index contributed by atoms with van der Waals surface area (Å²) >= 11 is 0. The Balaban J connectivity index is 2.62. The summed E-state index contributed by atoms with van der Waals surface area (Å²) in [6, 6.07) is 7.52. The van der Waals surface area contributed by atoms with Crippen LogP contribution in [-0.2, 0) is 9.53 Å². The fraction of sp³-hybridized carbons (Fsp3) is 0.571. The van der Waals surface area contributed by atoms with Gasteiger partial charge in [-0.1, -0.05) is 62.6 Å². The van der Waals surface area contributed by atoms with Gasteiger partial charge in [-0.2, -0.15) is 0 Å². The predicted octanol–water partition coefficient (Wildman–Crippen LogP) is 3.38. The monoisotopic (exact) mass is 364 g/mol. The first-order valence-corrected chi connectivity index (χ1v) is 9.37. The number of aliphatic hydroxyl groups excluding tert-OH is 3. The van der Waals surface area contributed by atoms with Gasteiger partial charge < -0.3 is 20.1 Å². The van der Waals surface area contributed by atoms with E-state index in [4.69, 9.17) is 0 Å². The highest BCUT2D eigenvalue weighted by molar-refractivity contribution is 5.69. The molecule has 0 aliphatic carbocycles. The highest BCUT2D eigenvalue weighted by Crippen LogP contribution is 2.24. The van der Waals surface area contributed by atoms with Gasteiger partial charge in [0.1, 0.15) is 0 Å². The fourth-order valence-corrected chi connectivity index (χ4v) is 2.77. The van der Waals surface area contributed by atoms with Crippen LogP contribution in [0.25, 0.3) is 6.08 Å². The lowest BCUT2D eigenvalue weighted by Gasteiger charge is -2.16. The van der Waals surface area contributed by atoms with Crippen LogP contribution in [0.5, 0.6) is 0 Å². The minimum absolute atomic E-state index is 0.219. The molecule has 0 saturated heterocycles. The quantitative estimate of drug-likeness (QED) is 0.391. The van der Waals surface area contributed by atoms with Crippen LogP contribution < -0.4 is 0 Å². The van der Waals surface area contributed by atoms with Crippen molar-refractivity contribution >= 4 is 12.0 Å². The van der Waals surface area contributed by atoms with Crippen molar-refractivity contribution in [2.24, 2.45) is 0 Å². The molecule has 0 spiro atoms. The number of hydrogen-bond donors (Lipinski definition) is 3. The fourth-order valence-electron chi connectivity index (χ4n) is 2.77. The standard InChI is InChI=1S/C21H32O5/c1-3-4-5-11-18(22)17-10-7-6-9-16(17)14-15-20(24)19(23)12-8-13-21(25)26-2/h6-7,9-10,14-15,18-20,22-24H,3-5,8,11-13H2,1-2H3/b15-14+/t18-,19-,20+/m0/s1. The molecule has 1 aromatic carbocycles. The molecule has 0 fully saturated rings. The summed E-state index contributed by atoms with van der Waals surface area (Å²) in [4.78, 5) is 11.1.